The molecule has 0 spiro atoms. The van der Waals surface area contributed by atoms with Crippen molar-refractivity contribution in [1.82, 2.24) is 14.9 Å². The number of nitriles is 1. The van der Waals surface area contributed by atoms with E-state index in [4.69, 9.17) is 9.62 Å². The molecule has 4 rings (SSSR count). The zero-order valence-electron chi connectivity index (χ0n) is 16.4. The number of rotatable bonds is 3. The molecule has 0 radical (unpaired) electrons. The van der Waals surface area contributed by atoms with Gasteiger partial charge in [-0.05, 0) is 35.4 Å². The highest BCUT2D eigenvalue weighted by atomic mass is 16.5. The number of carbonyl (C=O) groups is 1. The minimum Gasteiger partial charge on any atom is -0.364 e. The van der Waals surface area contributed by atoms with Gasteiger partial charge in [0, 0.05) is 6.07 Å². The Bertz CT molecular complexity index is 1070. The maximum Gasteiger partial charge on any atom is 0.184 e. The molecule has 6 heteroatoms. The molecule has 6 nitrogen and oxygen atoms in total. The Kier molecular flexibility index (Phi) is 4.19. The van der Waals surface area contributed by atoms with Crippen molar-refractivity contribution in [2.75, 3.05) is 0 Å². The van der Waals surface area contributed by atoms with Crippen LogP contribution in [0.2, 0.25) is 0 Å². The van der Waals surface area contributed by atoms with E-state index in [2.05, 4.69) is 37.2 Å². The zero-order valence-corrected chi connectivity index (χ0v) is 16.4. The van der Waals surface area contributed by atoms with E-state index in [1.54, 1.807) is 6.07 Å². The van der Waals surface area contributed by atoms with E-state index in [-0.39, 0.29) is 5.78 Å². The average Bonchev–Trinajstić information content (AvgIpc) is 3.29. The van der Waals surface area contributed by atoms with Crippen molar-refractivity contribution >= 4 is 5.78 Å². The molecule has 142 valence electrons. The van der Waals surface area contributed by atoms with Gasteiger partial charge in [0.15, 0.2) is 5.78 Å². The topological polar surface area (TPSA) is 84.7 Å². The highest BCUT2D eigenvalue weighted by Gasteiger charge is 2.45. The number of aromatic nitrogens is 3. The fourth-order valence-electron chi connectivity index (χ4n) is 3.87. The van der Waals surface area contributed by atoms with Crippen LogP contribution in [0.1, 0.15) is 55.2 Å². The summed E-state index contributed by atoms with van der Waals surface area (Å²) >= 11 is 0. The largest absolute Gasteiger partial charge is 0.364 e. The molecule has 28 heavy (non-hydrogen) atoms. The van der Waals surface area contributed by atoms with E-state index in [1.165, 1.54) is 11.8 Å². The number of carbonyl (C=O) groups excluding carboxylic acids is 1. The lowest BCUT2D eigenvalue weighted by Gasteiger charge is -2.33. The van der Waals surface area contributed by atoms with Gasteiger partial charge in [0.1, 0.15) is 23.6 Å². The minimum absolute atomic E-state index is 0.197. The number of hydrogen-bond donors (Lipinski definition) is 0. The Morgan fingerprint density at radius 3 is 2.54 bits per heavy atom. The fraction of sp³-hybridized carbons (Fsp3) is 0.364. The first-order valence-electron chi connectivity index (χ1n) is 9.40. The first kappa shape index (κ1) is 18.2. The standard InChI is InChI=1S/C22H22N4O2/c1-13(2)14-5-7-15(8-6-14)26-18-11-22(3,4)16(12-23)21(27)19(18)20(24-26)17-9-10-28-25-17/h5-10,13,16H,11H2,1-4H3. The Morgan fingerprint density at radius 2 is 1.96 bits per heavy atom. The van der Waals surface area contributed by atoms with Gasteiger partial charge in [0.05, 0.1) is 23.0 Å². The van der Waals surface area contributed by atoms with Gasteiger partial charge in [-0.1, -0.05) is 45.0 Å². The van der Waals surface area contributed by atoms with Gasteiger partial charge in [-0.25, -0.2) is 4.68 Å². The molecule has 0 N–H and O–H groups in total. The molecule has 2 aromatic heterocycles. The van der Waals surface area contributed by atoms with E-state index in [0.29, 0.717) is 29.3 Å². The third-order valence-electron chi connectivity index (χ3n) is 5.51. The molecule has 1 aliphatic carbocycles. The molecule has 0 saturated heterocycles. The van der Waals surface area contributed by atoms with Crippen molar-refractivity contribution in [2.45, 2.75) is 40.0 Å². The molecule has 1 aromatic carbocycles. The van der Waals surface area contributed by atoms with Gasteiger partial charge in [-0.3, -0.25) is 4.79 Å². The van der Waals surface area contributed by atoms with Crippen LogP contribution >= 0.6 is 0 Å². The van der Waals surface area contributed by atoms with Crippen molar-refractivity contribution < 1.29 is 9.32 Å². The number of nitrogens with zero attached hydrogens (tertiary/aromatic N) is 4. The monoisotopic (exact) mass is 374 g/mol. The Hall–Kier alpha value is -3.20. The number of hydrogen-bond acceptors (Lipinski definition) is 5. The summed E-state index contributed by atoms with van der Waals surface area (Å²) in [6.45, 7) is 8.21. The lowest BCUT2D eigenvalue weighted by Crippen LogP contribution is -2.37. The van der Waals surface area contributed by atoms with Crippen molar-refractivity contribution in [3.63, 3.8) is 0 Å². The van der Waals surface area contributed by atoms with E-state index in [9.17, 15) is 10.1 Å². The summed E-state index contributed by atoms with van der Waals surface area (Å²) in [6, 6.07) is 12.1. The summed E-state index contributed by atoms with van der Waals surface area (Å²) in [5.74, 6) is -0.480. The predicted octanol–water partition coefficient (Wildman–Crippen LogP) is 4.56. The molecule has 0 aliphatic heterocycles. The summed E-state index contributed by atoms with van der Waals surface area (Å²) in [5.41, 5.74) is 3.91. The second kappa shape index (κ2) is 6.45. The zero-order chi connectivity index (χ0) is 20.1. The van der Waals surface area contributed by atoms with Crippen LogP contribution in [-0.4, -0.2) is 20.7 Å². The smallest absolute Gasteiger partial charge is 0.184 e. The van der Waals surface area contributed by atoms with Crippen molar-refractivity contribution in [3.05, 3.63) is 53.4 Å². The van der Waals surface area contributed by atoms with Gasteiger partial charge in [0.25, 0.3) is 0 Å². The lowest BCUT2D eigenvalue weighted by molar-refractivity contribution is 0.0835. The number of ketones is 1. The van der Waals surface area contributed by atoms with Crippen LogP contribution in [0.25, 0.3) is 17.1 Å². The summed E-state index contributed by atoms with van der Waals surface area (Å²) in [6.07, 6.45) is 2.03. The summed E-state index contributed by atoms with van der Waals surface area (Å²) in [5, 5.41) is 18.3. The van der Waals surface area contributed by atoms with Gasteiger partial charge >= 0.3 is 0 Å². The molecule has 2 heterocycles. The van der Waals surface area contributed by atoms with Crippen LogP contribution < -0.4 is 0 Å². The second-order valence-electron chi connectivity index (χ2n) is 8.30. The fourth-order valence-corrected chi connectivity index (χ4v) is 3.87. The van der Waals surface area contributed by atoms with Gasteiger partial charge in [-0.15, -0.1) is 0 Å². The molecule has 0 fully saturated rings. The Balaban J connectivity index is 1.93. The van der Waals surface area contributed by atoms with Gasteiger partial charge in [-0.2, -0.15) is 10.4 Å². The van der Waals surface area contributed by atoms with Crippen LogP contribution in [-0.2, 0) is 6.42 Å². The van der Waals surface area contributed by atoms with Gasteiger partial charge < -0.3 is 4.52 Å². The third kappa shape index (κ3) is 2.75. The first-order valence-corrected chi connectivity index (χ1v) is 9.40. The third-order valence-corrected chi connectivity index (χ3v) is 5.51. The van der Waals surface area contributed by atoms with E-state index in [0.717, 1.165) is 11.4 Å². The van der Waals surface area contributed by atoms with Gasteiger partial charge in [0.2, 0.25) is 0 Å². The molecule has 0 bridgehead atoms. The number of fused-ring (bicyclic) bond motifs is 1. The highest BCUT2D eigenvalue weighted by molar-refractivity contribution is 6.06. The molecule has 0 amide bonds. The number of Topliss-reactive ketones (excluding diaryl/α,β-unsaturated/α-hetero) is 1. The quantitative estimate of drug-likeness (QED) is 0.671. The van der Waals surface area contributed by atoms with Crippen LogP contribution in [0, 0.1) is 22.7 Å². The predicted molar refractivity (Wildman–Crippen MR) is 104 cm³/mol. The summed E-state index contributed by atoms with van der Waals surface area (Å²) in [7, 11) is 0. The van der Waals surface area contributed by atoms with E-state index < -0.39 is 11.3 Å². The Morgan fingerprint density at radius 1 is 1.25 bits per heavy atom. The maximum atomic E-state index is 13.2. The second-order valence-corrected chi connectivity index (χ2v) is 8.30. The first-order chi connectivity index (χ1) is 13.3. The highest BCUT2D eigenvalue weighted by Crippen LogP contribution is 2.43. The van der Waals surface area contributed by atoms with Crippen LogP contribution in [0.4, 0.5) is 0 Å². The molecule has 0 saturated carbocycles. The summed E-state index contributed by atoms with van der Waals surface area (Å²) < 4.78 is 6.79. The molecule has 1 unspecified atom stereocenters. The molecular weight excluding hydrogens is 352 g/mol. The van der Waals surface area contributed by atoms with E-state index >= 15 is 0 Å². The maximum absolute atomic E-state index is 13.2. The normalized spacial score (nSPS) is 18.1. The lowest BCUT2D eigenvalue weighted by atomic mass is 9.68. The van der Waals surface area contributed by atoms with Crippen LogP contribution in [0.5, 0.6) is 0 Å². The average molecular weight is 374 g/mol. The Labute approximate surface area is 163 Å². The summed E-state index contributed by atoms with van der Waals surface area (Å²) in [4.78, 5) is 13.2. The molecule has 3 aromatic rings. The van der Waals surface area contributed by atoms with Crippen molar-refractivity contribution in [1.29, 1.82) is 5.26 Å². The van der Waals surface area contributed by atoms with E-state index in [1.807, 2.05) is 30.7 Å². The van der Waals surface area contributed by atoms with Crippen LogP contribution in [0.15, 0.2) is 41.1 Å². The van der Waals surface area contributed by atoms with Crippen molar-refractivity contribution in [3.8, 4) is 23.1 Å². The number of benzene rings is 1. The molecular formula is C22H22N4O2. The minimum atomic E-state index is -0.716. The van der Waals surface area contributed by atoms with Crippen molar-refractivity contribution in [2.24, 2.45) is 11.3 Å². The van der Waals surface area contributed by atoms with Crippen LogP contribution in [0.3, 0.4) is 0 Å². The molecule has 1 aliphatic rings. The SMILES string of the molecule is CC(C)c1ccc(-n2nc(-c3ccon3)c3c2CC(C)(C)C(C#N)C3=O)cc1. The molecule has 1 atom stereocenters.